The maximum absolute atomic E-state index is 13.1. The minimum absolute atomic E-state index is 0.136. The number of benzene rings is 1. The number of methoxy groups -OCH3 is 1. The summed E-state index contributed by atoms with van der Waals surface area (Å²) in [6, 6.07) is 4.06. The van der Waals surface area contributed by atoms with E-state index in [4.69, 9.17) is 4.74 Å². The van der Waals surface area contributed by atoms with Crippen molar-refractivity contribution in [3.63, 3.8) is 0 Å². The third-order valence-electron chi connectivity index (χ3n) is 3.11. The van der Waals surface area contributed by atoms with Crippen LogP contribution in [0.5, 0.6) is 0 Å². The summed E-state index contributed by atoms with van der Waals surface area (Å²) in [5.41, 5.74) is -4.29. The van der Waals surface area contributed by atoms with Gasteiger partial charge in [-0.1, -0.05) is 12.1 Å². The number of nitrogens with zero attached hydrogens (tertiary/aromatic N) is 1. The highest BCUT2D eigenvalue weighted by Gasteiger charge is 2.62. The molecule has 0 bridgehead atoms. The van der Waals surface area contributed by atoms with Crippen LogP contribution in [0.15, 0.2) is 24.3 Å². The molecule has 1 N–H and O–H groups in total. The number of hydrogen-bond acceptors (Lipinski definition) is 5. The van der Waals surface area contributed by atoms with Crippen molar-refractivity contribution in [3.8, 4) is 0 Å². The number of hydrogen-bond donors (Lipinski definition) is 1. The lowest BCUT2D eigenvalue weighted by molar-refractivity contribution is -0.266. The third kappa shape index (κ3) is 3.55. The van der Waals surface area contributed by atoms with Crippen molar-refractivity contribution >= 4 is 17.7 Å². The molecule has 1 aromatic rings. The Morgan fingerprint density at radius 2 is 1.74 bits per heavy atom. The highest BCUT2D eigenvalue weighted by atomic mass is 19.4. The molecule has 1 amide bonds. The second-order valence-corrected chi connectivity index (χ2v) is 4.50. The summed E-state index contributed by atoms with van der Waals surface area (Å²) in [6.07, 6.45) is -5.96. The number of halogens is 3. The van der Waals surface area contributed by atoms with Crippen molar-refractivity contribution < 1.29 is 37.3 Å². The number of ether oxygens (including phenoxy) is 2. The van der Waals surface area contributed by atoms with Gasteiger partial charge in [-0.15, -0.1) is 0 Å². The zero-order valence-electron chi connectivity index (χ0n) is 12.7. The Morgan fingerprint density at radius 3 is 2.13 bits per heavy atom. The molecule has 0 aliphatic heterocycles. The molecule has 9 heteroatoms. The van der Waals surface area contributed by atoms with Gasteiger partial charge in [0.2, 0.25) is 0 Å². The van der Waals surface area contributed by atoms with E-state index in [-0.39, 0.29) is 12.3 Å². The quantitative estimate of drug-likeness (QED) is 0.854. The molecule has 128 valence electrons. The fraction of sp³-hybridized carbons (Fsp3) is 0.429. The lowest BCUT2D eigenvalue weighted by Crippen LogP contribution is -2.49. The molecule has 0 fully saturated rings. The standard InChI is InChI=1S/C14H16F3NO5/c1-4-23-12(20)18(2)10-7-5-9(6-8-10)13(21,11(19)22-3)14(15,16)17/h5-8,21H,4H2,1-3H3/t13-/m1/s1. The highest BCUT2D eigenvalue weighted by molar-refractivity contribution is 5.87. The Morgan fingerprint density at radius 1 is 1.22 bits per heavy atom. The molecule has 1 atom stereocenters. The van der Waals surface area contributed by atoms with Crippen LogP contribution in [-0.4, -0.2) is 44.1 Å². The molecule has 0 aliphatic rings. The summed E-state index contributed by atoms with van der Waals surface area (Å²) in [7, 11) is 2.10. The monoisotopic (exact) mass is 335 g/mol. The van der Waals surface area contributed by atoms with Gasteiger partial charge in [0.15, 0.2) is 0 Å². The summed E-state index contributed by atoms with van der Waals surface area (Å²) in [5, 5.41) is 9.81. The van der Waals surface area contributed by atoms with Gasteiger partial charge in [-0.2, -0.15) is 13.2 Å². The van der Waals surface area contributed by atoms with Gasteiger partial charge in [-0.3, -0.25) is 4.90 Å². The predicted molar refractivity (Wildman–Crippen MR) is 73.8 cm³/mol. The lowest BCUT2D eigenvalue weighted by Gasteiger charge is -2.28. The largest absolute Gasteiger partial charge is 0.466 e. The van der Waals surface area contributed by atoms with Crippen LogP contribution < -0.4 is 4.90 Å². The van der Waals surface area contributed by atoms with Crippen LogP contribution in [0.3, 0.4) is 0 Å². The van der Waals surface area contributed by atoms with Crippen LogP contribution in [0, 0.1) is 0 Å². The molecular weight excluding hydrogens is 319 g/mol. The van der Waals surface area contributed by atoms with Gasteiger partial charge in [0.05, 0.1) is 13.7 Å². The topological polar surface area (TPSA) is 76.1 Å². The first kappa shape index (κ1) is 18.8. The molecule has 0 spiro atoms. The van der Waals surface area contributed by atoms with Gasteiger partial charge in [-0.05, 0) is 19.1 Å². The number of aliphatic hydroxyl groups is 1. The van der Waals surface area contributed by atoms with E-state index in [1.807, 2.05) is 0 Å². The van der Waals surface area contributed by atoms with E-state index in [0.717, 1.165) is 36.3 Å². The number of amides is 1. The first-order valence-electron chi connectivity index (χ1n) is 6.48. The van der Waals surface area contributed by atoms with Crippen LogP contribution in [-0.2, 0) is 19.9 Å². The van der Waals surface area contributed by atoms with Crippen molar-refractivity contribution in [3.05, 3.63) is 29.8 Å². The first-order chi connectivity index (χ1) is 10.6. The normalized spacial score (nSPS) is 13.9. The Kier molecular flexibility index (Phi) is 5.60. The van der Waals surface area contributed by atoms with Crippen molar-refractivity contribution in [2.45, 2.75) is 18.7 Å². The SMILES string of the molecule is CCOC(=O)N(C)c1ccc([C@@](O)(C(=O)OC)C(F)(F)F)cc1. The Balaban J connectivity index is 3.20. The minimum atomic E-state index is -5.27. The molecule has 0 aromatic heterocycles. The van der Waals surface area contributed by atoms with Gasteiger partial charge in [-0.25, -0.2) is 9.59 Å². The molecular formula is C14H16F3NO5. The molecule has 6 nitrogen and oxygen atoms in total. The van der Waals surface area contributed by atoms with Crippen LogP contribution in [0.1, 0.15) is 12.5 Å². The smallest absolute Gasteiger partial charge is 0.432 e. The summed E-state index contributed by atoms with van der Waals surface area (Å²) < 4.78 is 48.0. The molecule has 0 radical (unpaired) electrons. The molecule has 0 unspecified atom stereocenters. The fourth-order valence-electron chi connectivity index (χ4n) is 1.80. The Labute approximate surface area is 130 Å². The predicted octanol–water partition coefficient (Wildman–Crippen LogP) is 2.20. The average molecular weight is 335 g/mol. The van der Waals surface area contributed by atoms with Gasteiger partial charge < -0.3 is 14.6 Å². The van der Waals surface area contributed by atoms with Crippen LogP contribution in [0.2, 0.25) is 0 Å². The second-order valence-electron chi connectivity index (χ2n) is 4.50. The Bertz CT molecular complexity index is 573. The van der Waals surface area contributed by atoms with E-state index in [2.05, 4.69) is 4.74 Å². The number of anilines is 1. The number of carbonyl (C=O) groups excluding carboxylic acids is 2. The van der Waals surface area contributed by atoms with Crippen molar-refractivity contribution in [1.29, 1.82) is 0 Å². The molecule has 0 saturated heterocycles. The van der Waals surface area contributed by atoms with Gasteiger partial charge >= 0.3 is 18.2 Å². The van der Waals surface area contributed by atoms with Crippen LogP contribution in [0.4, 0.5) is 23.7 Å². The zero-order chi connectivity index (χ0) is 17.8. The number of carbonyl (C=O) groups is 2. The fourth-order valence-corrected chi connectivity index (χ4v) is 1.80. The average Bonchev–Trinajstić information content (AvgIpc) is 2.51. The molecule has 1 aromatic carbocycles. The maximum atomic E-state index is 13.1. The Hall–Kier alpha value is -2.29. The highest BCUT2D eigenvalue weighted by Crippen LogP contribution is 2.40. The van der Waals surface area contributed by atoms with Gasteiger partial charge in [0.25, 0.3) is 5.60 Å². The molecule has 23 heavy (non-hydrogen) atoms. The van der Waals surface area contributed by atoms with E-state index < -0.39 is 29.4 Å². The minimum Gasteiger partial charge on any atom is -0.466 e. The first-order valence-corrected chi connectivity index (χ1v) is 6.48. The lowest BCUT2D eigenvalue weighted by atomic mass is 9.93. The number of esters is 1. The summed E-state index contributed by atoms with van der Waals surface area (Å²) >= 11 is 0. The molecule has 1 rings (SSSR count). The number of alkyl halides is 3. The van der Waals surface area contributed by atoms with E-state index in [1.54, 1.807) is 6.92 Å². The molecule has 0 saturated carbocycles. The van der Waals surface area contributed by atoms with Crippen LogP contribution >= 0.6 is 0 Å². The van der Waals surface area contributed by atoms with E-state index >= 15 is 0 Å². The summed E-state index contributed by atoms with van der Waals surface area (Å²) in [6.45, 7) is 1.74. The second kappa shape index (κ2) is 6.86. The van der Waals surface area contributed by atoms with E-state index in [1.165, 1.54) is 7.05 Å². The zero-order valence-corrected chi connectivity index (χ0v) is 12.7. The van der Waals surface area contributed by atoms with Gasteiger partial charge in [0.1, 0.15) is 0 Å². The summed E-state index contributed by atoms with van der Waals surface area (Å²) in [4.78, 5) is 24.0. The number of rotatable bonds is 4. The maximum Gasteiger partial charge on any atom is 0.432 e. The van der Waals surface area contributed by atoms with E-state index in [0.29, 0.717) is 0 Å². The van der Waals surface area contributed by atoms with Gasteiger partial charge in [0, 0.05) is 18.3 Å². The van der Waals surface area contributed by atoms with Crippen LogP contribution in [0.25, 0.3) is 0 Å². The van der Waals surface area contributed by atoms with Crippen molar-refractivity contribution in [1.82, 2.24) is 0 Å². The molecule has 0 heterocycles. The molecule has 0 aliphatic carbocycles. The van der Waals surface area contributed by atoms with Crippen molar-refractivity contribution in [2.75, 3.05) is 25.7 Å². The summed E-state index contributed by atoms with van der Waals surface area (Å²) in [5.74, 6) is -1.85. The third-order valence-corrected chi connectivity index (χ3v) is 3.11. The van der Waals surface area contributed by atoms with E-state index in [9.17, 15) is 27.9 Å². The van der Waals surface area contributed by atoms with Crippen molar-refractivity contribution in [2.24, 2.45) is 0 Å².